The summed E-state index contributed by atoms with van der Waals surface area (Å²) in [6.45, 7) is 3.18. The Labute approximate surface area is 102 Å². The van der Waals surface area contributed by atoms with Gasteiger partial charge in [-0.05, 0) is 56.1 Å². The van der Waals surface area contributed by atoms with Gasteiger partial charge in [-0.2, -0.15) is 0 Å². The second-order valence-corrected chi connectivity index (χ2v) is 5.06. The van der Waals surface area contributed by atoms with E-state index in [4.69, 9.17) is 4.74 Å². The third-order valence-electron chi connectivity index (χ3n) is 3.84. The van der Waals surface area contributed by atoms with E-state index in [0.29, 0.717) is 11.8 Å². The molecule has 2 aliphatic heterocycles. The van der Waals surface area contributed by atoms with Gasteiger partial charge in [0.2, 0.25) is 0 Å². The van der Waals surface area contributed by atoms with Gasteiger partial charge in [0.25, 0.3) is 0 Å². The molecule has 0 aromatic heterocycles. The van der Waals surface area contributed by atoms with Crippen molar-refractivity contribution in [3.63, 3.8) is 0 Å². The lowest BCUT2D eigenvalue weighted by atomic mass is 9.99. The second-order valence-electron chi connectivity index (χ2n) is 5.06. The zero-order chi connectivity index (χ0) is 11.7. The molecule has 0 amide bonds. The first kappa shape index (κ1) is 10.9. The third kappa shape index (κ3) is 2.25. The molecule has 1 aromatic rings. The maximum absolute atomic E-state index is 9.52. The molecule has 0 bridgehead atoms. The van der Waals surface area contributed by atoms with Gasteiger partial charge in [0.15, 0.2) is 0 Å². The van der Waals surface area contributed by atoms with Crippen molar-refractivity contribution in [3.05, 3.63) is 23.8 Å². The van der Waals surface area contributed by atoms with Gasteiger partial charge in [0, 0.05) is 6.04 Å². The van der Waals surface area contributed by atoms with Crippen molar-refractivity contribution >= 4 is 0 Å². The van der Waals surface area contributed by atoms with E-state index < -0.39 is 0 Å². The summed E-state index contributed by atoms with van der Waals surface area (Å²) in [5, 5.41) is 9.52. The van der Waals surface area contributed by atoms with E-state index in [1.165, 1.54) is 32.4 Å². The van der Waals surface area contributed by atoms with Gasteiger partial charge in [-0.15, -0.1) is 0 Å². The maximum Gasteiger partial charge on any atom is 0.122 e. The standard InChI is InChI=1S/C14H19NO2/c16-13-4-5-14-11(9-13)8-12(10-17-14)15-6-2-1-3-7-15/h4-5,9,12,16H,1-3,6-8,10H2. The second kappa shape index (κ2) is 4.57. The molecule has 92 valence electrons. The van der Waals surface area contributed by atoms with Crippen LogP contribution in [0.5, 0.6) is 11.5 Å². The first-order valence-electron chi connectivity index (χ1n) is 6.52. The zero-order valence-electron chi connectivity index (χ0n) is 10.1. The van der Waals surface area contributed by atoms with E-state index in [1.54, 1.807) is 6.07 Å². The molecular formula is C14H19NO2. The maximum atomic E-state index is 9.52. The van der Waals surface area contributed by atoms with Crippen LogP contribution in [-0.2, 0) is 6.42 Å². The number of benzene rings is 1. The van der Waals surface area contributed by atoms with Crippen molar-refractivity contribution in [1.29, 1.82) is 0 Å². The van der Waals surface area contributed by atoms with Crippen LogP contribution in [0.3, 0.4) is 0 Å². The molecule has 17 heavy (non-hydrogen) atoms. The van der Waals surface area contributed by atoms with Gasteiger partial charge in [0.1, 0.15) is 18.1 Å². The highest BCUT2D eigenvalue weighted by Gasteiger charge is 2.26. The summed E-state index contributed by atoms with van der Waals surface area (Å²) in [5.41, 5.74) is 1.15. The van der Waals surface area contributed by atoms with E-state index in [9.17, 15) is 5.11 Å². The fourth-order valence-corrected chi connectivity index (χ4v) is 2.88. The number of aromatic hydroxyl groups is 1. The Morgan fingerprint density at radius 3 is 2.82 bits per heavy atom. The van der Waals surface area contributed by atoms with Crippen LogP contribution in [0.2, 0.25) is 0 Å². The summed E-state index contributed by atoms with van der Waals surface area (Å²) >= 11 is 0. The van der Waals surface area contributed by atoms with Crippen LogP contribution in [0, 0.1) is 0 Å². The Bertz CT molecular complexity index is 399. The molecule has 3 heteroatoms. The number of hydrogen-bond donors (Lipinski definition) is 1. The normalized spacial score (nSPS) is 25.1. The molecule has 1 fully saturated rings. The monoisotopic (exact) mass is 233 g/mol. The van der Waals surface area contributed by atoms with E-state index in [-0.39, 0.29) is 0 Å². The molecule has 1 N–H and O–H groups in total. The number of fused-ring (bicyclic) bond motifs is 1. The van der Waals surface area contributed by atoms with Crippen LogP contribution >= 0.6 is 0 Å². The topological polar surface area (TPSA) is 32.7 Å². The SMILES string of the molecule is Oc1ccc2c(c1)CC(N1CCCCC1)CO2. The summed E-state index contributed by atoms with van der Waals surface area (Å²) in [6.07, 6.45) is 4.98. The first-order valence-corrected chi connectivity index (χ1v) is 6.52. The largest absolute Gasteiger partial charge is 0.508 e. The number of rotatable bonds is 1. The Hall–Kier alpha value is -1.22. The zero-order valence-corrected chi connectivity index (χ0v) is 10.1. The van der Waals surface area contributed by atoms with Gasteiger partial charge in [-0.25, -0.2) is 0 Å². The summed E-state index contributed by atoms with van der Waals surface area (Å²) < 4.78 is 5.79. The minimum atomic E-state index is 0.339. The van der Waals surface area contributed by atoms with Crippen molar-refractivity contribution in [2.75, 3.05) is 19.7 Å². The Morgan fingerprint density at radius 1 is 1.18 bits per heavy atom. The lowest BCUT2D eigenvalue weighted by Crippen LogP contribution is -2.45. The lowest BCUT2D eigenvalue weighted by Gasteiger charge is -2.37. The number of phenolic OH excluding ortho intramolecular Hbond substituents is 1. The third-order valence-corrected chi connectivity index (χ3v) is 3.84. The average molecular weight is 233 g/mol. The Balaban J connectivity index is 1.75. The smallest absolute Gasteiger partial charge is 0.122 e. The summed E-state index contributed by atoms with van der Waals surface area (Å²) in [6, 6.07) is 5.90. The number of phenols is 1. The van der Waals surface area contributed by atoms with Crippen molar-refractivity contribution in [2.24, 2.45) is 0 Å². The summed E-state index contributed by atoms with van der Waals surface area (Å²) in [5.74, 6) is 1.28. The number of piperidine rings is 1. The minimum absolute atomic E-state index is 0.339. The Kier molecular flexibility index (Phi) is 2.93. The highest BCUT2D eigenvalue weighted by atomic mass is 16.5. The van der Waals surface area contributed by atoms with E-state index in [1.807, 2.05) is 12.1 Å². The lowest BCUT2D eigenvalue weighted by molar-refractivity contribution is 0.101. The van der Waals surface area contributed by atoms with E-state index >= 15 is 0 Å². The van der Waals surface area contributed by atoms with Crippen LogP contribution in [0.25, 0.3) is 0 Å². The predicted molar refractivity (Wildman–Crippen MR) is 66.5 cm³/mol. The predicted octanol–water partition coefficient (Wildman–Crippen LogP) is 2.18. The highest BCUT2D eigenvalue weighted by molar-refractivity contribution is 5.41. The van der Waals surface area contributed by atoms with Gasteiger partial charge in [0.05, 0.1) is 0 Å². The fourth-order valence-electron chi connectivity index (χ4n) is 2.88. The molecule has 0 radical (unpaired) electrons. The van der Waals surface area contributed by atoms with Crippen molar-refractivity contribution in [2.45, 2.75) is 31.7 Å². The van der Waals surface area contributed by atoms with Crippen molar-refractivity contribution < 1.29 is 9.84 Å². The molecular weight excluding hydrogens is 214 g/mol. The molecule has 0 saturated carbocycles. The van der Waals surface area contributed by atoms with Crippen LogP contribution in [0.15, 0.2) is 18.2 Å². The van der Waals surface area contributed by atoms with Crippen molar-refractivity contribution in [1.82, 2.24) is 4.90 Å². The number of hydrogen-bond acceptors (Lipinski definition) is 3. The molecule has 0 spiro atoms. The van der Waals surface area contributed by atoms with Crippen LogP contribution in [0.1, 0.15) is 24.8 Å². The van der Waals surface area contributed by atoms with Gasteiger partial charge in [-0.1, -0.05) is 6.42 Å². The Morgan fingerprint density at radius 2 is 2.00 bits per heavy atom. The number of ether oxygens (including phenoxy) is 1. The van der Waals surface area contributed by atoms with E-state index in [2.05, 4.69) is 4.90 Å². The number of likely N-dealkylation sites (tertiary alicyclic amines) is 1. The van der Waals surface area contributed by atoms with E-state index in [0.717, 1.165) is 24.3 Å². The van der Waals surface area contributed by atoms with Gasteiger partial charge in [-0.3, -0.25) is 4.90 Å². The molecule has 1 saturated heterocycles. The summed E-state index contributed by atoms with van der Waals surface area (Å²) in [7, 11) is 0. The fraction of sp³-hybridized carbons (Fsp3) is 0.571. The van der Waals surface area contributed by atoms with Crippen LogP contribution in [-0.4, -0.2) is 35.7 Å². The quantitative estimate of drug-likeness (QED) is 0.807. The van der Waals surface area contributed by atoms with Gasteiger partial charge >= 0.3 is 0 Å². The first-order chi connectivity index (χ1) is 8.33. The molecule has 1 unspecified atom stereocenters. The molecule has 1 atom stereocenters. The van der Waals surface area contributed by atoms with Gasteiger partial charge < -0.3 is 9.84 Å². The molecule has 3 nitrogen and oxygen atoms in total. The van der Waals surface area contributed by atoms with Crippen LogP contribution < -0.4 is 4.74 Å². The average Bonchev–Trinajstić information content (AvgIpc) is 2.39. The minimum Gasteiger partial charge on any atom is -0.508 e. The van der Waals surface area contributed by atoms with Crippen LogP contribution in [0.4, 0.5) is 0 Å². The molecule has 0 aliphatic carbocycles. The molecule has 2 heterocycles. The molecule has 1 aromatic carbocycles. The van der Waals surface area contributed by atoms with Crippen molar-refractivity contribution in [3.8, 4) is 11.5 Å². The number of nitrogens with zero attached hydrogens (tertiary/aromatic N) is 1. The summed E-state index contributed by atoms with van der Waals surface area (Å²) in [4.78, 5) is 2.54. The highest BCUT2D eigenvalue weighted by Crippen LogP contribution is 2.30. The molecule has 2 aliphatic rings. The molecule has 3 rings (SSSR count).